The molecule has 2 nitrogen and oxygen atoms in total. The molecule has 1 fully saturated rings. The average Bonchev–Trinajstić information content (AvgIpc) is 2.71. The normalized spacial score (nSPS) is 22.4. The van der Waals surface area contributed by atoms with Gasteiger partial charge in [-0.25, -0.2) is 4.39 Å². The Balaban J connectivity index is 1.89. The maximum Gasteiger partial charge on any atom is 0.126 e. The largest absolute Gasteiger partial charge is 0.312 e. The lowest BCUT2D eigenvalue weighted by Crippen LogP contribution is -2.42. The highest BCUT2D eigenvalue weighted by Crippen LogP contribution is 2.14. The van der Waals surface area contributed by atoms with Gasteiger partial charge in [-0.15, -0.1) is 0 Å². The van der Waals surface area contributed by atoms with Crippen molar-refractivity contribution in [3.8, 4) is 0 Å². The second-order valence-electron chi connectivity index (χ2n) is 5.94. The molecule has 0 bridgehead atoms. The number of hydrogen-bond donors (Lipinski definition) is 1. The first-order chi connectivity index (χ1) is 9.70. The molecule has 0 radical (unpaired) electrons. The van der Waals surface area contributed by atoms with Crippen LogP contribution in [0, 0.1) is 11.7 Å². The zero-order valence-corrected chi connectivity index (χ0v) is 12.7. The van der Waals surface area contributed by atoms with Crippen LogP contribution in [0.5, 0.6) is 0 Å². The van der Waals surface area contributed by atoms with Gasteiger partial charge >= 0.3 is 0 Å². The van der Waals surface area contributed by atoms with Crippen LogP contribution in [-0.4, -0.2) is 37.1 Å². The van der Waals surface area contributed by atoms with Crippen LogP contribution >= 0.6 is 0 Å². The van der Waals surface area contributed by atoms with Gasteiger partial charge in [0.25, 0.3) is 0 Å². The van der Waals surface area contributed by atoms with E-state index in [1.165, 1.54) is 12.8 Å². The van der Waals surface area contributed by atoms with E-state index >= 15 is 0 Å². The fourth-order valence-electron chi connectivity index (χ4n) is 2.87. The second-order valence-corrected chi connectivity index (χ2v) is 5.94. The number of halogens is 1. The molecular formula is C17H27FN2. The topological polar surface area (TPSA) is 15.3 Å². The quantitative estimate of drug-likeness (QED) is 0.890. The van der Waals surface area contributed by atoms with Crippen molar-refractivity contribution in [2.45, 2.75) is 39.2 Å². The Hall–Kier alpha value is -0.930. The molecule has 2 rings (SSSR count). The highest BCUT2D eigenvalue weighted by Gasteiger charge is 2.21. The van der Waals surface area contributed by atoms with Gasteiger partial charge in [0.1, 0.15) is 5.82 Å². The lowest BCUT2D eigenvalue weighted by molar-refractivity contribution is 0.240. The van der Waals surface area contributed by atoms with Gasteiger partial charge in [0, 0.05) is 19.1 Å². The molecular weight excluding hydrogens is 251 g/mol. The van der Waals surface area contributed by atoms with Crippen molar-refractivity contribution in [2.24, 2.45) is 5.92 Å². The summed E-state index contributed by atoms with van der Waals surface area (Å²) in [6, 6.07) is 7.71. The van der Waals surface area contributed by atoms with E-state index in [0.717, 1.165) is 38.2 Å². The van der Waals surface area contributed by atoms with Crippen molar-refractivity contribution in [1.29, 1.82) is 0 Å². The molecule has 1 aliphatic heterocycles. The van der Waals surface area contributed by atoms with Gasteiger partial charge in [-0.05, 0) is 43.5 Å². The van der Waals surface area contributed by atoms with Crippen LogP contribution in [0.2, 0.25) is 0 Å². The summed E-state index contributed by atoms with van der Waals surface area (Å²) in [4.78, 5) is 2.49. The lowest BCUT2D eigenvalue weighted by Gasteiger charge is -2.28. The molecule has 112 valence electrons. The van der Waals surface area contributed by atoms with Crippen molar-refractivity contribution < 1.29 is 4.39 Å². The van der Waals surface area contributed by atoms with Crippen molar-refractivity contribution in [3.63, 3.8) is 0 Å². The summed E-state index contributed by atoms with van der Waals surface area (Å²) in [5.41, 5.74) is 0.838. The average molecular weight is 278 g/mol. The first-order valence-corrected chi connectivity index (χ1v) is 7.90. The predicted molar refractivity (Wildman–Crippen MR) is 82.4 cm³/mol. The first-order valence-electron chi connectivity index (χ1n) is 7.90. The molecule has 1 saturated heterocycles. The molecule has 20 heavy (non-hydrogen) atoms. The third-order valence-corrected chi connectivity index (χ3v) is 4.50. The SMILES string of the molecule is CCC(C)C1CN(CCc2ccccc2F)CCCN1. The molecule has 1 N–H and O–H groups in total. The molecule has 1 heterocycles. The Morgan fingerprint density at radius 1 is 1.40 bits per heavy atom. The fraction of sp³-hybridized carbons (Fsp3) is 0.647. The zero-order chi connectivity index (χ0) is 14.4. The monoisotopic (exact) mass is 278 g/mol. The van der Waals surface area contributed by atoms with Crippen LogP contribution in [-0.2, 0) is 6.42 Å². The van der Waals surface area contributed by atoms with Crippen LogP contribution in [0.1, 0.15) is 32.3 Å². The summed E-state index contributed by atoms with van der Waals surface area (Å²) in [5, 5.41) is 3.66. The van der Waals surface area contributed by atoms with E-state index in [2.05, 4.69) is 24.1 Å². The molecule has 0 spiro atoms. The van der Waals surface area contributed by atoms with Gasteiger partial charge in [0.15, 0.2) is 0 Å². The van der Waals surface area contributed by atoms with Gasteiger partial charge in [0.05, 0.1) is 0 Å². The van der Waals surface area contributed by atoms with Crippen LogP contribution in [0.4, 0.5) is 4.39 Å². The zero-order valence-electron chi connectivity index (χ0n) is 12.7. The minimum Gasteiger partial charge on any atom is -0.312 e. The van der Waals surface area contributed by atoms with Gasteiger partial charge in [-0.2, -0.15) is 0 Å². The van der Waals surface area contributed by atoms with E-state index in [9.17, 15) is 4.39 Å². The minimum atomic E-state index is -0.0704. The van der Waals surface area contributed by atoms with E-state index in [0.29, 0.717) is 12.0 Å². The molecule has 1 aliphatic rings. The molecule has 0 amide bonds. The molecule has 1 aromatic carbocycles. The van der Waals surface area contributed by atoms with Crippen molar-refractivity contribution in [1.82, 2.24) is 10.2 Å². The summed E-state index contributed by atoms with van der Waals surface area (Å²) in [6.45, 7) is 8.83. The van der Waals surface area contributed by atoms with Crippen LogP contribution in [0.25, 0.3) is 0 Å². The van der Waals surface area contributed by atoms with E-state index in [-0.39, 0.29) is 5.82 Å². The second kappa shape index (κ2) is 7.75. The standard InChI is InChI=1S/C17H27FN2/c1-3-14(2)17-13-20(11-6-10-19-17)12-9-15-7-4-5-8-16(15)18/h4-5,7-8,14,17,19H,3,6,9-13H2,1-2H3. The van der Waals surface area contributed by atoms with Crippen LogP contribution < -0.4 is 5.32 Å². The predicted octanol–water partition coefficient (Wildman–Crippen LogP) is 3.08. The third kappa shape index (κ3) is 4.29. The van der Waals surface area contributed by atoms with Crippen molar-refractivity contribution in [2.75, 3.05) is 26.2 Å². The number of benzene rings is 1. The summed E-state index contributed by atoms with van der Waals surface area (Å²) in [5.74, 6) is 0.628. The van der Waals surface area contributed by atoms with Gasteiger partial charge in [-0.1, -0.05) is 38.5 Å². The number of nitrogens with zero attached hydrogens (tertiary/aromatic N) is 1. The van der Waals surface area contributed by atoms with Gasteiger partial charge in [-0.3, -0.25) is 0 Å². The van der Waals surface area contributed by atoms with E-state index in [1.54, 1.807) is 12.1 Å². The molecule has 1 aromatic rings. The maximum atomic E-state index is 13.7. The third-order valence-electron chi connectivity index (χ3n) is 4.50. The van der Waals surface area contributed by atoms with Crippen molar-refractivity contribution >= 4 is 0 Å². The number of nitrogens with one attached hydrogen (secondary N) is 1. The Morgan fingerprint density at radius 3 is 2.95 bits per heavy atom. The molecule has 2 unspecified atom stereocenters. The van der Waals surface area contributed by atoms with E-state index in [4.69, 9.17) is 0 Å². The Labute approximate surface area is 122 Å². The lowest BCUT2D eigenvalue weighted by atomic mass is 9.99. The highest BCUT2D eigenvalue weighted by molar-refractivity contribution is 5.17. The van der Waals surface area contributed by atoms with Gasteiger partial charge < -0.3 is 10.2 Å². The summed E-state index contributed by atoms with van der Waals surface area (Å²) in [6.07, 6.45) is 3.20. The Bertz CT molecular complexity index is 408. The summed E-state index contributed by atoms with van der Waals surface area (Å²) >= 11 is 0. The van der Waals surface area contributed by atoms with E-state index < -0.39 is 0 Å². The Morgan fingerprint density at radius 2 is 2.20 bits per heavy atom. The molecule has 0 saturated carbocycles. The molecule has 0 aliphatic carbocycles. The molecule has 0 aromatic heterocycles. The van der Waals surface area contributed by atoms with Crippen LogP contribution in [0.3, 0.4) is 0 Å². The van der Waals surface area contributed by atoms with E-state index in [1.807, 2.05) is 12.1 Å². The van der Waals surface area contributed by atoms with Crippen molar-refractivity contribution in [3.05, 3.63) is 35.6 Å². The smallest absolute Gasteiger partial charge is 0.126 e. The summed E-state index contributed by atoms with van der Waals surface area (Å²) in [7, 11) is 0. The highest BCUT2D eigenvalue weighted by atomic mass is 19.1. The number of rotatable bonds is 5. The summed E-state index contributed by atoms with van der Waals surface area (Å²) < 4.78 is 13.7. The minimum absolute atomic E-state index is 0.0704. The van der Waals surface area contributed by atoms with Gasteiger partial charge in [0.2, 0.25) is 0 Å². The fourth-order valence-corrected chi connectivity index (χ4v) is 2.87. The maximum absolute atomic E-state index is 13.7. The Kier molecular flexibility index (Phi) is 5.99. The number of hydrogen-bond acceptors (Lipinski definition) is 2. The van der Waals surface area contributed by atoms with Crippen LogP contribution in [0.15, 0.2) is 24.3 Å². The molecule has 2 atom stereocenters. The first kappa shape index (κ1) is 15.5. The molecule has 3 heteroatoms.